The zero-order valence-corrected chi connectivity index (χ0v) is 23.3. The molecule has 216 valence electrons. The topological polar surface area (TPSA) is 78.8 Å². The molecule has 5 aromatic rings. The lowest BCUT2D eigenvalue weighted by atomic mass is 10.0. The van der Waals surface area contributed by atoms with Crippen molar-refractivity contribution in [2.45, 2.75) is 19.1 Å². The van der Waals surface area contributed by atoms with Crippen molar-refractivity contribution < 1.29 is 27.9 Å². The van der Waals surface area contributed by atoms with Crippen molar-refractivity contribution in [2.24, 2.45) is 4.99 Å². The molecule has 0 atom stereocenters. The van der Waals surface area contributed by atoms with Crippen LogP contribution in [0, 0.1) is 0 Å². The van der Waals surface area contributed by atoms with Gasteiger partial charge in [-0.25, -0.2) is 9.79 Å². The smallest absolute Gasteiger partial charge is 0.416 e. The number of fused-ring (bicyclic) bond motifs is 1. The van der Waals surface area contributed by atoms with Crippen LogP contribution in [-0.2, 0) is 23.9 Å². The van der Waals surface area contributed by atoms with Crippen molar-refractivity contribution in [2.75, 3.05) is 5.32 Å². The molecule has 0 aliphatic heterocycles. The van der Waals surface area contributed by atoms with Gasteiger partial charge in [-0.05, 0) is 63.4 Å². The maximum absolute atomic E-state index is 13.3. The van der Waals surface area contributed by atoms with E-state index in [0.29, 0.717) is 33.9 Å². The number of alkyl halides is 3. The predicted molar refractivity (Wildman–Crippen MR) is 163 cm³/mol. The summed E-state index contributed by atoms with van der Waals surface area (Å²) in [6, 6.07) is 30.0. The molecule has 0 unspecified atom stereocenters. The second kappa shape index (κ2) is 12.5. The highest BCUT2D eigenvalue weighted by Crippen LogP contribution is 2.31. The highest BCUT2D eigenvalue weighted by atomic mass is 35.5. The van der Waals surface area contributed by atoms with Gasteiger partial charge in [-0.15, -0.1) is 0 Å². The number of anilines is 1. The van der Waals surface area contributed by atoms with Crippen molar-refractivity contribution in [1.82, 2.24) is 0 Å². The van der Waals surface area contributed by atoms with Crippen molar-refractivity contribution in [3.63, 3.8) is 0 Å². The zero-order chi connectivity index (χ0) is 30.6. The maximum Gasteiger partial charge on any atom is 0.416 e. The van der Waals surface area contributed by atoms with Crippen LogP contribution in [0.25, 0.3) is 21.9 Å². The van der Waals surface area contributed by atoms with Gasteiger partial charge in [0.25, 0.3) is 5.91 Å². The second-order valence-electron chi connectivity index (χ2n) is 9.80. The molecular weight excluding hydrogens is 577 g/mol. The van der Waals surface area contributed by atoms with Crippen LogP contribution >= 0.6 is 11.6 Å². The summed E-state index contributed by atoms with van der Waals surface area (Å²) in [4.78, 5) is 29.2. The van der Waals surface area contributed by atoms with E-state index in [-0.39, 0.29) is 17.7 Å². The molecule has 43 heavy (non-hydrogen) atoms. The molecule has 0 saturated heterocycles. The molecule has 0 saturated carbocycles. The van der Waals surface area contributed by atoms with Crippen LogP contribution in [0.3, 0.4) is 0 Å². The van der Waals surface area contributed by atoms with Gasteiger partial charge >= 0.3 is 12.1 Å². The molecule has 5 nitrogen and oxygen atoms in total. The number of carbonyl (C=O) groups is 2. The molecule has 0 aliphatic rings. The molecule has 0 spiro atoms. The summed E-state index contributed by atoms with van der Waals surface area (Å²) in [6.45, 7) is 0.407. The minimum Gasteiger partial charge on any atom is -0.477 e. The van der Waals surface area contributed by atoms with E-state index < -0.39 is 23.6 Å². The minimum absolute atomic E-state index is 0.129. The minimum atomic E-state index is -4.43. The third-order valence-corrected chi connectivity index (χ3v) is 7.15. The molecule has 0 radical (unpaired) electrons. The van der Waals surface area contributed by atoms with Crippen LogP contribution in [-0.4, -0.2) is 22.7 Å². The van der Waals surface area contributed by atoms with E-state index in [1.165, 1.54) is 18.2 Å². The van der Waals surface area contributed by atoms with Crippen LogP contribution in [0.15, 0.2) is 114 Å². The van der Waals surface area contributed by atoms with Crippen LogP contribution in [0.5, 0.6) is 0 Å². The fourth-order valence-corrected chi connectivity index (χ4v) is 4.86. The van der Waals surface area contributed by atoms with Crippen molar-refractivity contribution >= 4 is 45.6 Å². The first-order valence-electron chi connectivity index (χ1n) is 13.2. The molecule has 0 bridgehead atoms. The molecule has 0 heterocycles. The van der Waals surface area contributed by atoms with Gasteiger partial charge in [0.1, 0.15) is 5.71 Å². The number of halogens is 4. The van der Waals surface area contributed by atoms with Crippen molar-refractivity contribution in [3.8, 4) is 11.1 Å². The molecule has 9 heteroatoms. The van der Waals surface area contributed by atoms with E-state index in [0.717, 1.165) is 28.5 Å². The maximum atomic E-state index is 13.3. The Morgan fingerprint density at radius 2 is 1.47 bits per heavy atom. The van der Waals surface area contributed by atoms with Crippen LogP contribution in [0.4, 0.5) is 18.9 Å². The van der Waals surface area contributed by atoms with Crippen LogP contribution in [0.1, 0.15) is 27.0 Å². The molecule has 5 aromatic carbocycles. The molecule has 0 fully saturated rings. The highest BCUT2D eigenvalue weighted by Gasteiger charge is 2.30. The summed E-state index contributed by atoms with van der Waals surface area (Å²) in [5, 5.41) is 15.5. The Labute approximate surface area is 250 Å². The molecule has 0 aliphatic carbocycles. The third-order valence-electron chi connectivity index (χ3n) is 6.92. The largest absolute Gasteiger partial charge is 0.477 e. The average Bonchev–Trinajstić information content (AvgIpc) is 3.00. The second-order valence-corrected chi connectivity index (χ2v) is 10.2. The van der Waals surface area contributed by atoms with Gasteiger partial charge in [0, 0.05) is 23.7 Å². The van der Waals surface area contributed by atoms with Gasteiger partial charge in [0.15, 0.2) is 0 Å². The van der Waals surface area contributed by atoms with E-state index in [2.05, 4.69) is 10.3 Å². The lowest BCUT2D eigenvalue weighted by Gasteiger charge is -2.13. The Hall–Kier alpha value is -4.95. The van der Waals surface area contributed by atoms with Crippen molar-refractivity contribution in [1.29, 1.82) is 0 Å². The lowest BCUT2D eigenvalue weighted by Crippen LogP contribution is -2.18. The van der Waals surface area contributed by atoms with Crippen molar-refractivity contribution in [3.05, 3.63) is 136 Å². The SMILES string of the molecule is O=C(O)C(Cc1ccc(-c2ccc(C(F)(F)F)cc2)cc1)=NC(=O)c1cc(Cl)ccc1NCc1cccc2ccccc12. The monoisotopic (exact) mass is 600 g/mol. The first-order chi connectivity index (χ1) is 20.6. The van der Waals surface area contributed by atoms with E-state index in [4.69, 9.17) is 11.6 Å². The van der Waals surface area contributed by atoms with Gasteiger partial charge in [0.2, 0.25) is 0 Å². The average molecular weight is 601 g/mol. The lowest BCUT2D eigenvalue weighted by molar-refractivity contribution is -0.137. The Bertz CT molecular complexity index is 1830. The molecule has 1 amide bonds. The summed E-state index contributed by atoms with van der Waals surface area (Å²) in [6.07, 6.45) is -4.57. The standard InChI is InChI=1S/C34H24ClF3N2O3/c35-27-16-17-30(39-20-25-6-3-5-24-4-1-2-7-28(24)25)29(19-27)32(41)40-31(33(42)43)18-21-8-10-22(11-9-21)23-12-14-26(15-13-23)34(36,37)38/h1-17,19,39H,18,20H2,(H,42,43). The number of carboxylic acids is 1. The van der Waals surface area contributed by atoms with Gasteiger partial charge in [-0.1, -0.05) is 90.5 Å². The number of nitrogens with zero attached hydrogens (tertiary/aromatic N) is 1. The number of aliphatic carboxylic acids is 1. The first kappa shape index (κ1) is 29.5. The first-order valence-corrected chi connectivity index (χ1v) is 13.6. The Morgan fingerprint density at radius 1 is 0.814 bits per heavy atom. The normalized spacial score (nSPS) is 11.9. The third kappa shape index (κ3) is 7.10. The van der Waals surface area contributed by atoms with Crippen LogP contribution in [0.2, 0.25) is 5.02 Å². The highest BCUT2D eigenvalue weighted by molar-refractivity contribution is 6.38. The number of hydrogen-bond donors (Lipinski definition) is 2. The molecule has 5 rings (SSSR count). The Balaban J connectivity index is 1.34. The fourth-order valence-electron chi connectivity index (χ4n) is 4.69. The zero-order valence-electron chi connectivity index (χ0n) is 22.5. The van der Waals surface area contributed by atoms with E-state index in [9.17, 15) is 27.9 Å². The summed E-state index contributed by atoms with van der Waals surface area (Å²) in [5.41, 5.74) is 2.28. The van der Waals surface area contributed by atoms with Gasteiger partial charge in [-0.3, -0.25) is 4.79 Å². The molecule has 0 aromatic heterocycles. The number of nitrogens with one attached hydrogen (secondary N) is 1. The quantitative estimate of drug-likeness (QED) is 0.175. The Kier molecular flexibility index (Phi) is 8.59. The molecular formula is C34H24ClF3N2O3. The number of rotatable bonds is 8. The van der Waals surface area contributed by atoms with E-state index in [1.54, 1.807) is 36.4 Å². The molecule has 2 N–H and O–H groups in total. The number of carboxylic acid groups (broad SMARTS) is 1. The van der Waals surface area contributed by atoms with E-state index >= 15 is 0 Å². The summed E-state index contributed by atoms with van der Waals surface area (Å²) in [5.74, 6) is -2.12. The Morgan fingerprint density at radius 3 is 2.14 bits per heavy atom. The number of hydrogen-bond acceptors (Lipinski definition) is 3. The van der Waals surface area contributed by atoms with Gasteiger partial charge < -0.3 is 10.4 Å². The number of amides is 1. The van der Waals surface area contributed by atoms with Gasteiger partial charge in [0.05, 0.1) is 11.1 Å². The summed E-state index contributed by atoms with van der Waals surface area (Å²) in [7, 11) is 0. The predicted octanol–water partition coefficient (Wildman–Crippen LogP) is 8.70. The van der Waals surface area contributed by atoms with E-state index in [1.807, 2.05) is 42.5 Å². The summed E-state index contributed by atoms with van der Waals surface area (Å²) < 4.78 is 38.6. The number of carbonyl (C=O) groups excluding carboxylic acids is 1. The fraction of sp³-hybridized carbons (Fsp3) is 0.0882. The number of benzene rings is 5. The van der Waals surface area contributed by atoms with Crippen LogP contribution < -0.4 is 5.32 Å². The summed E-state index contributed by atoms with van der Waals surface area (Å²) >= 11 is 6.18. The number of aliphatic imine (C=N–C) groups is 1. The van der Waals surface area contributed by atoms with Gasteiger partial charge in [-0.2, -0.15) is 13.2 Å².